The fourth-order valence-electron chi connectivity index (χ4n) is 3.03. The number of benzene rings is 1. The van der Waals surface area contributed by atoms with Gasteiger partial charge in [-0.3, -0.25) is 14.9 Å². The Morgan fingerprint density at radius 3 is 2.59 bits per heavy atom. The first-order chi connectivity index (χ1) is 10.4. The van der Waals surface area contributed by atoms with Gasteiger partial charge in [0, 0.05) is 10.5 Å². The molecule has 1 aliphatic carbocycles. The van der Waals surface area contributed by atoms with Crippen molar-refractivity contribution in [3.05, 3.63) is 58.2 Å². The molecular formula is C13H9NO5S3. The number of thioether (sulfide) groups is 2. The molecule has 1 N–H and O–H groups in total. The molecule has 5 atom stereocenters. The van der Waals surface area contributed by atoms with E-state index in [9.17, 15) is 23.7 Å². The van der Waals surface area contributed by atoms with Gasteiger partial charge in [-0.05, 0) is 11.8 Å². The molecule has 2 saturated heterocycles. The van der Waals surface area contributed by atoms with Crippen LogP contribution in [0.15, 0.2) is 42.5 Å². The number of nitrogens with zero attached hydrogens (tertiary/aromatic N) is 1. The zero-order valence-corrected chi connectivity index (χ0v) is 13.3. The molecule has 3 aliphatic rings. The molecule has 0 spiro atoms. The number of rotatable bonds is 4. The highest BCUT2D eigenvalue weighted by atomic mass is 32.2. The van der Waals surface area contributed by atoms with E-state index >= 15 is 0 Å². The van der Waals surface area contributed by atoms with Crippen molar-refractivity contribution < 1.29 is 18.5 Å². The molecule has 0 amide bonds. The minimum Gasteiger partial charge on any atom is -0.305 e. The standard InChI is InChI=1S/C13H9NO5S3/c15-9(8-4-2-1-3-5-8)11-6-7-12(22(18)19)10(20-12)13(11,21-11)14(16)17/h1-7,10H,(H,18,19). The molecule has 0 radical (unpaired) electrons. The summed E-state index contributed by atoms with van der Waals surface area (Å²) in [5.41, 5.74) is 0.409. The third-order valence-corrected chi connectivity index (χ3v) is 9.38. The van der Waals surface area contributed by atoms with Crippen LogP contribution in [0.3, 0.4) is 0 Å². The second-order valence-electron chi connectivity index (χ2n) is 5.29. The number of carbonyl (C=O) groups is 1. The van der Waals surface area contributed by atoms with Crippen LogP contribution in [0.1, 0.15) is 10.4 Å². The second kappa shape index (κ2) is 4.22. The minimum atomic E-state index is -2.21. The van der Waals surface area contributed by atoms with Crippen LogP contribution < -0.4 is 0 Å². The number of Topliss-reactive ketones (excluding diaryl/α,β-unsaturated/α-hetero) is 1. The molecule has 1 aromatic rings. The predicted octanol–water partition coefficient (Wildman–Crippen LogP) is 1.93. The Kier molecular flexibility index (Phi) is 2.77. The van der Waals surface area contributed by atoms with Crippen molar-refractivity contribution in [3.8, 4) is 0 Å². The summed E-state index contributed by atoms with van der Waals surface area (Å²) in [5.74, 6) is -0.323. The Morgan fingerprint density at radius 2 is 2.00 bits per heavy atom. The number of ketones is 1. The number of hydrogen-bond donors (Lipinski definition) is 1. The van der Waals surface area contributed by atoms with Gasteiger partial charge in [0.15, 0.2) is 25.7 Å². The summed E-state index contributed by atoms with van der Waals surface area (Å²) in [6, 6.07) is 8.43. The van der Waals surface area contributed by atoms with Gasteiger partial charge in [0.2, 0.25) is 0 Å². The normalized spacial score (nSPS) is 42.0. The highest BCUT2D eigenvalue weighted by Crippen LogP contribution is 2.81. The minimum absolute atomic E-state index is 0.323. The molecule has 1 aromatic carbocycles. The number of carbonyl (C=O) groups excluding carboxylic acids is 1. The smallest absolute Gasteiger partial charge is 0.305 e. The lowest BCUT2D eigenvalue weighted by molar-refractivity contribution is -0.526. The van der Waals surface area contributed by atoms with E-state index in [4.69, 9.17) is 0 Å². The molecule has 5 unspecified atom stereocenters. The van der Waals surface area contributed by atoms with Crippen LogP contribution in [0.4, 0.5) is 0 Å². The lowest BCUT2D eigenvalue weighted by Gasteiger charge is -2.18. The molecule has 4 rings (SSSR count). The molecule has 0 saturated carbocycles. The average molecular weight is 355 g/mol. The largest absolute Gasteiger partial charge is 0.308 e. The summed E-state index contributed by atoms with van der Waals surface area (Å²) in [6.07, 6.45) is 2.96. The van der Waals surface area contributed by atoms with Crippen LogP contribution in [-0.2, 0) is 11.1 Å². The maximum absolute atomic E-state index is 12.8. The number of nitro groups is 1. The summed E-state index contributed by atoms with van der Waals surface area (Å²) in [5, 5.41) is 11.0. The van der Waals surface area contributed by atoms with E-state index in [-0.39, 0.29) is 5.78 Å². The Hall–Kier alpha value is -1.16. The van der Waals surface area contributed by atoms with Gasteiger partial charge < -0.3 is 4.55 Å². The van der Waals surface area contributed by atoms with Crippen molar-refractivity contribution in [2.24, 2.45) is 0 Å². The van der Waals surface area contributed by atoms with E-state index in [1.54, 1.807) is 30.3 Å². The SMILES string of the molecule is O=C(c1ccccc1)C12C=CC3(S(=O)O)SC3C1([N+](=O)[O-])S2. The van der Waals surface area contributed by atoms with Crippen molar-refractivity contribution >= 4 is 40.4 Å². The molecule has 2 heterocycles. The monoisotopic (exact) mass is 355 g/mol. The molecule has 9 heteroatoms. The van der Waals surface area contributed by atoms with Gasteiger partial charge in [0.05, 0.1) is 0 Å². The van der Waals surface area contributed by atoms with Crippen molar-refractivity contribution in [3.63, 3.8) is 0 Å². The maximum Gasteiger partial charge on any atom is 0.308 e. The lowest BCUT2D eigenvalue weighted by Crippen LogP contribution is -2.47. The molecule has 114 valence electrons. The topological polar surface area (TPSA) is 97.5 Å². The summed E-state index contributed by atoms with van der Waals surface area (Å²) in [6.45, 7) is 0. The van der Waals surface area contributed by atoms with Crippen LogP contribution in [0.5, 0.6) is 0 Å². The summed E-state index contributed by atoms with van der Waals surface area (Å²) in [7, 11) is 0. The number of fused-ring (bicyclic) bond motifs is 3. The maximum atomic E-state index is 12.8. The third-order valence-electron chi connectivity index (χ3n) is 4.24. The van der Waals surface area contributed by atoms with Gasteiger partial charge in [-0.2, -0.15) is 0 Å². The number of hydrogen-bond acceptors (Lipinski definition) is 6. The molecule has 0 aromatic heterocycles. The van der Waals surface area contributed by atoms with Crippen LogP contribution in [0.2, 0.25) is 0 Å². The fraction of sp³-hybridized carbons (Fsp3) is 0.308. The molecule has 6 nitrogen and oxygen atoms in total. The highest BCUT2D eigenvalue weighted by molar-refractivity contribution is 8.22. The Bertz CT molecular complexity index is 768. The van der Waals surface area contributed by atoms with Gasteiger partial charge in [-0.25, -0.2) is 4.21 Å². The highest BCUT2D eigenvalue weighted by Gasteiger charge is 2.95. The molecule has 2 aliphatic heterocycles. The molecule has 0 bridgehead atoms. The Labute approximate surface area is 136 Å². The zero-order valence-electron chi connectivity index (χ0n) is 10.9. The molecular weight excluding hydrogens is 346 g/mol. The van der Waals surface area contributed by atoms with E-state index in [1.807, 2.05) is 0 Å². The van der Waals surface area contributed by atoms with E-state index in [0.29, 0.717) is 5.56 Å². The van der Waals surface area contributed by atoms with Crippen LogP contribution in [0.25, 0.3) is 0 Å². The van der Waals surface area contributed by atoms with Gasteiger partial charge in [0.25, 0.3) is 0 Å². The quantitative estimate of drug-likeness (QED) is 0.220. The van der Waals surface area contributed by atoms with Gasteiger partial charge >= 0.3 is 4.87 Å². The van der Waals surface area contributed by atoms with Gasteiger partial charge in [-0.1, -0.05) is 42.5 Å². The first-order valence-electron chi connectivity index (χ1n) is 6.34. The van der Waals surface area contributed by atoms with Crippen molar-refractivity contribution in [2.75, 3.05) is 0 Å². The summed E-state index contributed by atoms with van der Waals surface area (Å²) < 4.78 is 18.5. The summed E-state index contributed by atoms with van der Waals surface area (Å²) >= 11 is -0.149. The van der Waals surface area contributed by atoms with Crippen LogP contribution in [-0.4, -0.2) is 38.4 Å². The summed E-state index contributed by atoms with van der Waals surface area (Å²) in [4.78, 5) is 22.4. The zero-order chi connectivity index (χ0) is 15.8. The van der Waals surface area contributed by atoms with Crippen molar-refractivity contribution in [2.45, 2.75) is 18.9 Å². The van der Waals surface area contributed by atoms with Gasteiger partial charge in [-0.15, -0.1) is 11.8 Å². The first kappa shape index (κ1) is 14.4. The predicted molar refractivity (Wildman–Crippen MR) is 84.8 cm³/mol. The molecule has 22 heavy (non-hydrogen) atoms. The van der Waals surface area contributed by atoms with E-state index in [2.05, 4.69) is 0 Å². The second-order valence-corrected chi connectivity index (χ2v) is 9.57. The van der Waals surface area contributed by atoms with Crippen molar-refractivity contribution in [1.29, 1.82) is 0 Å². The van der Waals surface area contributed by atoms with E-state index in [1.165, 1.54) is 12.2 Å². The Morgan fingerprint density at radius 1 is 1.32 bits per heavy atom. The molecule has 2 fully saturated rings. The fourth-order valence-corrected chi connectivity index (χ4v) is 7.58. The van der Waals surface area contributed by atoms with Crippen LogP contribution in [0, 0.1) is 10.1 Å². The van der Waals surface area contributed by atoms with E-state index in [0.717, 1.165) is 23.5 Å². The van der Waals surface area contributed by atoms with Crippen LogP contribution >= 0.6 is 23.5 Å². The first-order valence-corrected chi connectivity index (χ1v) is 9.15. The Balaban J connectivity index is 1.81. The lowest BCUT2D eigenvalue weighted by atomic mass is 9.84. The van der Waals surface area contributed by atoms with Gasteiger partial charge in [0.1, 0.15) is 5.25 Å². The average Bonchev–Trinajstić information content (AvgIpc) is 3.37. The van der Waals surface area contributed by atoms with Crippen molar-refractivity contribution in [1.82, 2.24) is 0 Å². The third kappa shape index (κ3) is 1.47. The van der Waals surface area contributed by atoms with E-state index < -0.39 is 35.0 Å².